The molecule has 1 aromatic rings. The second-order valence-electron chi connectivity index (χ2n) is 5.34. The molecule has 0 saturated carbocycles. The standard InChI is InChI=1S/C17H12N2O3/c1-19-16(20)14-12-7-6-10-4-2-3-5-11(8-10)9-13(12)22-15(14)18-17(19)21/h2-7,9H,8H2,1H3. The molecule has 4 rings (SSSR count). The van der Waals surface area contributed by atoms with Gasteiger partial charge in [-0.25, -0.2) is 4.79 Å². The largest absolute Gasteiger partial charge is 0.437 e. The molecule has 1 aromatic heterocycles. The van der Waals surface area contributed by atoms with E-state index in [0.717, 1.165) is 22.5 Å². The van der Waals surface area contributed by atoms with Crippen LogP contribution in [-0.2, 0) is 0 Å². The second-order valence-corrected chi connectivity index (χ2v) is 5.34. The topological polar surface area (TPSA) is 62.9 Å². The number of allylic oxidation sites excluding steroid dienone is 7. The summed E-state index contributed by atoms with van der Waals surface area (Å²) in [7, 11) is 1.42. The van der Waals surface area contributed by atoms with Gasteiger partial charge < -0.3 is 4.42 Å². The van der Waals surface area contributed by atoms with Gasteiger partial charge in [0.05, 0.1) is 0 Å². The summed E-state index contributed by atoms with van der Waals surface area (Å²) in [6.45, 7) is 0. The van der Waals surface area contributed by atoms with Gasteiger partial charge >= 0.3 is 6.03 Å². The summed E-state index contributed by atoms with van der Waals surface area (Å²) in [5, 5.41) is 0. The number of furan rings is 1. The van der Waals surface area contributed by atoms with Crippen LogP contribution in [0.3, 0.4) is 0 Å². The Morgan fingerprint density at radius 3 is 2.73 bits per heavy atom. The number of fused-ring (bicyclic) bond motifs is 5. The van der Waals surface area contributed by atoms with Gasteiger partial charge in [-0.05, 0) is 29.7 Å². The molecule has 2 bridgehead atoms. The van der Waals surface area contributed by atoms with Crippen molar-refractivity contribution in [2.24, 2.45) is 4.99 Å². The maximum atomic E-state index is 12.4. The molecule has 0 radical (unpaired) electrons. The molecular formula is C17H12N2O3. The van der Waals surface area contributed by atoms with E-state index in [1.807, 2.05) is 42.5 Å². The van der Waals surface area contributed by atoms with Crippen molar-refractivity contribution in [2.45, 2.75) is 6.42 Å². The van der Waals surface area contributed by atoms with Gasteiger partial charge in [-0.3, -0.25) is 9.69 Å². The molecule has 0 atom stereocenters. The van der Waals surface area contributed by atoms with Crippen molar-refractivity contribution in [2.75, 3.05) is 7.05 Å². The lowest BCUT2D eigenvalue weighted by molar-refractivity contribution is 0.0825. The third-order valence-electron chi connectivity index (χ3n) is 3.88. The zero-order valence-electron chi connectivity index (χ0n) is 11.9. The fourth-order valence-electron chi connectivity index (χ4n) is 2.71. The fourth-order valence-corrected chi connectivity index (χ4v) is 2.71. The summed E-state index contributed by atoms with van der Waals surface area (Å²) in [5.41, 5.74) is 3.88. The molecule has 22 heavy (non-hydrogen) atoms. The van der Waals surface area contributed by atoms with Gasteiger partial charge in [0.1, 0.15) is 11.0 Å². The second kappa shape index (κ2) is 4.53. The average Bonchev–Trinajstić information content (AvgIpc) is 2.67. The van der Waals surface area contributed by atoms with E-state index < -0.39 is 6.03 Å². The molecule has 108 valence electrons. The first-order valence-corrected chi connectivity index (χ1v) is 6.93. The number of carbonyl (C=O) groups excluding carboxylic acids is 2. The summed E-state index contributed by atoms with van der Waals surface area (Å²) in [6.07, 6.45) is 14.5. The number of imide groups is 1. The quantitative estimate of drug-likeness (QED) is 0.731. The predicted octanol–water partition coefficient (Wildman–Crippen LogP) is 1.72. The Morgan fingerprint density at radius 1 is 1.14 bits per heavy atom. The summed E-state index contributed by atoms with van der Waals surface area (Å²) in [6, 6.07) is -0.608. The smallest absolute Gasteiger partial charge is 0.353 e. The minimum atomic E-state index is -0.608. The monoisotopic (exact) mass is 292 g/mol. The number of carbonyl (C=O) groups is 2. The third kappa shape index (κ3) is 1.83. The van der Waals surface area contributed by atoms with Crippen molar-refractivity contribution in [3.63, 3.8) is 0 Å². The molecule has 0 N–H and O–H groups in total. The van der Waals surface area contributed by atoms with Crippen molar-refractivity contribution in [1.82, 2.24) is 4.90 Å². The van der Waals surface area contributed by atoms with Crippen LogP contribution in [0.4, 0.5) is 4.79 Å². The van der Waals surface area contributed by atoms with Crippen molar-refractivity contribution < 1.29 is 14.0 Å². The summed E-state index contributed by atoms with van der Waals surface area (Å²) >= 11 is 0. The van der Waals surface area contributed by atoms with E-state index in [-0.39, 0.29) is 11.5 Å². The van der Waals surface area contributed by atoms with E-state index in [4.69, 9.17) is 4.42 Å². The van der Waals surface area contributed by atoms with Crippen LogP contribution in [-0.4, -0.2) is 23.9 Å². The number of nitrogens with zero attached hydrogens (tertiary/aromatic N) is 2. The van der Waals surface area contributed by atoms with Gasteiger partial charge in [-0.1, -0.05) is 30.4 Å². The van der Waals surface area contributed by atoms with E-state index in [1.165, 1.54) is 7.05 Å². The highest BCUT2D eigenvalue weighted by atomic mass is 16.3. The number of hydrogen-bond acceptors (Lipinski definition) is 3. The molecule has 5 heteroatoms. The fraction of sp³-hybridized carbons (Fsp3) is 0.118. The van der Waals surface area contributed by atoms with Crippen LogP contribution in [0.5, 0.6) is 0 Å². The Balaban J connectivity index is 2.06. The van der Waals surface area contributed by atoms with Crippen molar-refractivity contribution in [1.29, 1.82) is 0 Å². The minimum absolute atomic E-state index is 0.0957. The zero-order valence-corrected chi connectivity index (χ0v) is 11.9. The first-order valence-electron chi connectivity index (χ1n) is 6.93. The van der Waals surface area contributed by atoms with Crippen molar-refractivity contribution in [3.8, 4) is 0 Å². The van der Waals surface area contributed by atoms with E-state index in [1.54, 1.807) is 0 Å². The molecule has 2 aliphatic carbocycles. The minimum Gasteiger partial charge on any atom is -0.437 e. The van der Waals surface area contributed by atoms with Crippen LogP contribution in [0.15, 0.2) is 50.9 Å². The molecule has 0 fully saturated rings. The molecule has 0 spiro atoms. The van der Waals surface area contributed by atoms with Crippen molar-refractivity contribution >= 4 is 24.1 Å². The Kier molecular flexibility index (Phi) is 2.63. The highest BCUT2D eigenvalue weighted by Gasteiger charge is 2.30. The van der Waals surface area contributed by atoms with Gasteiger partial charge in [0.15, 0.2) is 0 Å². The molecule has 5 nitrogen and oxygen atoms in total. The zero-order chi connectivity index (χ0) is 15.3. The highest BCUT2D eigenvalue weighted by Crippen LogP contribution is 2.21. The molecule has 0 aromatic carbocycles. The van der Waals surface area contributed by atoms with Crippen LogP contribution in [0.2, 0.25) is 0 Å². The van der Waals surface area contributed by atoms with Crippen LogP contribution in [0, 0.1) is 0 Å². The van der Waals surface area contributed by atoms with Crippen LogP contribution in [0.25, 0.3) is 12.2 Å². The van der Waals surface area contributed by atoms with Crippen LogP contribution in [0.1, 0.15) is 22.3 Å². The lowest BCUT2D eigenvalue weighted by atomic mass is 9.99. The summed E-state index contributed by atoms with van der Waals surface area (Å²) < 4.78 is 5.66. The molecule has 1 aliphatic heterocycles. The van der Waals surface area contributed by atoms with Gasteiger partial charge in [0.2, 0.25) is 5.55 Å². The molecule has 3 amide bonds. The number of urea groups is 1. The summed E-state index contributed by atoms with van der Waals surface area (Å²) in [5.74, 6) is -0.386. The number of hydrogen-bond donors (Lipinski definition) is 0. The van der Waals surface area contributed by atoms with E-state index >= 15 is 0 Å². The molecule has 0 unspecified atom stereocenters. The molecule has 3 aliphatic rings. The van der Waals surface area contributed by atoms with Crippen LogP contribution >= 0.6 is 0 Å². The Labute approximate surface area is 125 Å². The Morgan fingerprint density at radius 2 is 1.91 bits per heavy atom. The normalized spacial score (nSPS) is 19.0. The van der Waals surface area contributed by atoms with Gasteiger partial charge in [0, 0.05) is 12.6 Å². The maximum absolute atomic E-state index is 12.4. The molecule has 0 saturated heterocycles. The lowest BCUT2D eigenvalue weighted by Gasteiger charge is -2.14. The average molecular weight is 292 g/mol. The first kappa shape index (κ1) is 12.8. The van der Waals surface area contributed by atoms with E-state index in [2.05, 4.69) is 4.99 Å². The third-order valence-corrected chi connectivity index (χ3v) is 3.88. The number of rotatable bonds is 0. The van der Waals surface area contributed by atoms with Crippen molar-refractivity contribution in [3.05, 3.63) is 63.6 Å². The SMILES string of the molecule is CN1C(=O)N=c2oc3c(c2C1=O)C=CC1=CC=CC=C(C=3)C1. The van der Waals surface area contributed by atoms with Crippen LogP contribution < -0.4 is 11.0 Å². The first-order chi connectivity index (χ1) is 10.6. The molecule has 2 heterocycles. The Hall–Kier alpha value is -2.95. The number of amides is 3. The molecular weight excluding hydrogens is 280 g/mol. The van der Waals surface area contributed by atoms with Gasteiger partial charge in [0.25, 0.3) is 5.91 Å². The highest BCUT2D eigenvalue weighted by molar-refractivity contribution is 6.08. The predicted molar refractivity (Wildman–Crippen MR) is 80.4 cm³/mol. The van der Waals surface area contributed by atoms with E-state index in [9.17, 15) is 9.59 Å². The van der Waals surface area contributed by atoms with Gasteiger partial charge in [-0.15, -0.1) is 0 Å². The van der Waals surface area contributed by atoms with E-state index in [0.29, 0.717) is 16.5 Å². The Bertz CT molecular complexity index is 955. The summed E-state index contributed by atoms with van der Waals surface area (Å²) in [4.78, 5) is 28.9. The maximum Gasteiger partial charge on any atom is 0.353 e. The van der Waals surface area contributed by atoms with Gasteiger partial charge in [-0.2, -0.15) is 4.99 Å². The lowest BCUT2D eigenvalue weighted by Crippen LogP contribution is -2.39.